The lowest BCUT2D eigenvalue weighted by molar-refractivity contribution is -0.150. The number of esters is 2. The van der Waals surface area contributed by atoms with Gasteiger partial charge in [-0.15, -0.1) is 0 Å². The van der Waals surface area contributed by atoms with Crippen LogP contribution < -0.4 is 6.15 Å². The standard InChI is InChI=1S/C12H22O7S.H3N/c1-3-5-7-18-11(13)9-10(20(15,16)17)12(14)19-8-6-4-2;/h10H,3-9H2,1-2H3,(H,15,16,17);1H3. The van der Waals surface area contributed by atoms with Gasteiger partial charge < -0.3 is 15.6 Å². The van der Waals surface area contributed by atoms with Crippen LogP contribution in [0, 0.1) is 0 Å². The van der Waals surface area contributed by atoms with E-state index in [0.717, 1.165) is 12.8 Å². The van der Waals surface area contributed by atoms with Crippen molar-refractivity contribution in [3.05, 3.63) is 0 Å². The van der Waals surface area contributed by atoms with Gasteiger partial charge in [0.15, 0.2) is 5.25 Å². The lowest BCUT2D eigenvalue weighted by Gasteiger charge is -2.12. The highest BCUT2D eigenvalue weighted by Crippen LogP contribution is 2.09. The van der Waals surface area contributed by atoms with Crippen molar-refractivity contribution in [1.29, 1.82) is 0 Å². The van der Waals surface area contributed by atoms with Gasteiger partial charge in [-0.2, -0.15) is 8.42 Å². The molecule has 0 heterocycles. The van der Waals surface area contributed by atoms with E-state index in [9.17, 15) is 18.0 Å². The minimum atomic E-state index is -4.70. The summed E-state index contributed by atoms with van der Waals surface area (Å²) in [4.78, 5) is 23.0. The highest BCUT2D eigenvalue weighted by molar-refractivity contribution is 7.87. The number of unbranched alkanes of at least 4 members (excludes halogenated alkanes) is 2. The average Bonchev–Trinajstić information content (AvgIpc) is 2.35. The van der Waals surface area contributed by atoms with E-state index in [1.165, 1.54) is 0 Å². The first-order valence-electron chi connectivity index (χ1n) is 6.61. The van der Waals surface area contributed by atoms with Gasteiger partial charge in [0.1, 0.15) is 0 Å². The molecule has 1 atom stereocenters. The van der Waals surface area contributed by atoms with Crippen LogP contribution in [-0.2, 0) is 29.2 Å². The van der Waals surface area contributed by atoms with Gasteiger partial charge in [-0.05, 0) is 12.8 Å². The van der Waals surface area contributed by atoms with E-state index in [4.69, 9.17) is 14.0 Å². The maximum atomic E-state index is 11.6. The predicted molar refractivity (Wildman–Crippen MR) is 76.7 cm³/mol. The molecule has 0 aromatic carbocycles. The van der Waals surface area contributed by atoms with E-state index in [0.29, 0.717) is 12.8 Å². The first-order valence-corrected chi connectivity index (χ1v) is 8.11. The molecule has 0 aliphatic heterocycles. The van der Waals surface area contributed by atoms with Crippen molar-refractivity contribution in [2.75, 3.05) is 13.2 Å². The maximum Gasteiger partial charge on any atom is 0.327 e. The van der Waals surface area contributed by atoms with Gasteiger partial charge in [0, 0.05) is 0 Å². The maximum absolute atomic E-state index is 11.6. The largest absolute Gasteiger partial charge is 0.466 e. The van der Waals surface area contributed by atoms with Gasteiger partial charge in [-0.1, -0.05) is 26.7 Å². The minimum Gasteiger partial charge on any atom is -0.466 e. The van der Waals surface area contributed by atoms with Crippen LogP contribution in [0.2, 0.25) is 0 Å². The summed E-state index contributed by atoms with van der Waals surface area (Å²) >= 11 is 0. The van der Waals surface area contributed by atoms with E-state index in [-0.39, 0.29) is 19.4 Å². The molecule has 0 aliphatic carbocycles. The molecular weight excluding hydrogens is 302 g/mol. The number of hydrogen-bond acceptors (Lipinski definition) is 7. The third-order valence-electron chi connectivity index (χ3n) is 2.48. The lowest BCUT2D eigenvalue weighted by Crippen LogP contribution is -2.34. The molecule has 0 aromatic rings. The van der Waals surface area contributed by atoms with Gasteiger partial charge in [-0.25, -0.2) is 0 Å². The fourth-order valence-electron chi connectivity index (χ4n) is 1.26. The number of hydrogen-bond donors (Lipinski definition) is 2. The van der Waals surface area contributed by atoms with Crippen molar-refractivity contribution in [3.8, 4) is 0 Å². The highest BCUT2D eigenvalue weighted by Gasteiger charge is 2.35. The Balaban J connectivity index is 0. The number of ether oxygens (including phenoxy) is 2. The molecule has 21 heavy (non-hydrogen) atoms. The summed E-state index contributed by atoms with van der Waals surface area (Å²) in [5.74, 6) is -1.98. The summed E-state index contributed by atoms with van der Waals surface area (Å²) in [6.07, 6.45) is 2.05. The first kappa shape index (κ1) is 22.1. The van der Waals surface area contributed by atoms with Gasteiger partial charge in [-0.3, -0.25) is 14.1 Å². The Morgan fingerprint density at radius 1 is 1.05 bits per heavy atom. The zero-order valence-electron chi connectivity index (χ0n) is 12.5. The summed E-state index contributed by atoms with van der Waals surface area (Å²) in [5.41, 5.74) is 0. The molecule has 0 fully saturated rings. The molecular formula is C12H25NO7S. The molecule has 0 saturated carbocycles. The first-order chi connectivity index (χ1) is 9.32. The fraction of sp³-hybridized carbons (Fsp3) is 0.833. The quantitative estimate of drug-likeness (QED) is 0.349. The van der Waals surface area contributed by atoms with E-state index >= 15 is 0 Å². The van der Waals surface area contributed by atoms with Gasteiger partial charge >= 0.3 is 11.9 Å². The molecule has 8 nitrogen and oxygen atoms in total. The topological polar surface area (TPSA) is 142 Å². The van der Waals surface area contributed by atoms with E-state index in [1.54, 1.807) is 0 Å². The van der Waals surface area contributed by atoms with Crippen LogP contribution in [0.3, 0.4) is 0 Å². The van der Waals surface area contributed by atoms with Crippen LogP contribution in [0.1, 0.15) is 46.0 Å². The Bertz CT molecular complexity index is 408. The second-order valence-electron chi connectivity index (χ2n) is 4.30. The summed E-state index contributed by atoms with van der Waals surface area (Å²) in [6, 6.07) is 0. The van der Waals surface area contributed by atoms with Crippen molar-refractivity contribution in [3.63, 3.8) is 0 Å². The summed E-state index contributed by atoms with van der Waals surface area (Å²) in [5, 5.41) is -1.92. The lowest BCUT2D eigenvalue weighted by atomic mass is 10.3. The van der Waals surface area contributed by atoms with Crippen LogP contribution in [0.4, 0.5) is 0 Å². The van der Waals surface area contributed by atoms with Crippen molar-refractivity contribution in [2.24, 2.45) is 0 Å². The summed E-state index contributed by atoms with van der Waals surface area (Å²) in [6.45, 7) is 3.98. The van der Waals surface area contributed by atoms with Crippen LogP contribution in [0.15, 0.2) is 0 Å². The smallest absolute Gasteiger partial charge is 0.327 e. The normalized spacial score (nSPS) is 12.1. The Morgan fingerprint density at radius 2 is 1.52 bits per heavy atom. The molecule has 0 aromatic heterocycles. The molecule has 0 saturated heterocycles. The molecule has 0 radical (unpaired) electrons. The zero-order chi connectivity index (χ0) is 15.6. The molecule has 0 aliphatic rings. The number of carbonyl (C=O) groups excluding carboxylic acids is 2. The fourth-order valence-corrected chi connectivity index (χ4v) is 1.92. The van der Waals surface area contributed by atoms with Crippen molar-refractivity contribution < 1.29 is 32.0 Å². The highest BCUT2D eigenvalue weighted by atomic mass is 32.2. The third kappa shape index (κ3) is 10.2. The van der Waals surface area contributed by atoms with E-state index in [1.807, 2.05) is 13.8 Å². The van der Waals surface area contributed by atoms with Crippen molar-refractivity contribution >= 4 is 22.1 Å². The average molecular weight is 327 g/mol. The molecule has 0 bridgehead atoms. The second kappa shape index (κ2) is 11.5. The van der Waals surface area contributed by atoms with E-state index in [2.05, 4.69) is 0 Å². The molecule has 9 heteroatoms. The molecule has 0 amide bonds. The summed E-state index contributed by atoms with van der Waals surface area (Å²) in [7, 11) is -4.70. The van der Waals surface area contributed by atoms with Crippen LogP contribution in [0.25, 0.3) is 0 Å². The monoisotopic (exact) mass is 327 g/mol. The predicted octanol–water partition coefficient (Wildman–Crippen LogP) is 1.48. The molecule has 126 valence electrons. The third-order valence-corrected chi connectivity index (χ3v) is 3.56. The van der Waals surface area contributed by atoms with Crippen LogP contribution in [-0.4, -0.2) is 43.4 Å². The summed E-state index contributed by atoms with van der Waals surface area (Å²) < 4.78 is 40.7. The van der Waals surface area contributed by atoms with E-state index < -0.39 is 33.7 Å². The second-order valence-corrected chi connectivity index (χ2v) is 5.90. The number of carbonyl (C=O) groups is 2. The van der Waals surface area contributed by atoms with Crippen LogP contribution in [0.5, 0.6) is 0 Å². The molecule has 0 rings (SSSR count). The molecule has 0 spiro atoms. The molecule has 4 N–H and O–H groups in total. The Morgan fingerprint density at radius 3 is 1.95 bits per heavy atom. The molecule has 1 unspecified atom stereocenters. The SMILES string of the molecule is CCCCOC(=O)CC(C(=O)OCCCC)S(=O)(=O)O.N. The Labute approximate surface area is 125 Å². The van der Waals surface area contributed by atoms with Gasteiger partial charge in [0.05, 0.1) is 19.6 Å². The Kier molecular flexibility index (Phi) is 12.1. The van der Waals surface area contributed by atoms with Crippen LogP contribution >= 0.6 is 0 Å². The van der Waals surface area contributed by atoms with Gasteiger partial charge in [0.25, 0.3) is 10.1 Å². The van der Waals surface area contributed by atoms with Crippen molar-refractivity contribution in [2.45, 2.75) is 51.2 Å². The van der Waals surface area contributed by atoms with Crippen molar-refractivity contribution in [1.82, 2.24) is 6.15 Å². The Hall–Kier alpha value is -1.19. The number of rotatable bonds is 10. The zero-order valence-corrected chi connectivity index (χ0v) is 13.4. The van der Waals surface area contributed by atoms with Gasteiger partial charge in [0.2, 0.25) is 0 Å². The minimum absolute atomic E-state index is 0.